The van der Waals surface area contributed by atoms with Crippen LogP contribution in [0.1, 0.15) is 0 Å². The molecule has 4 N–H and O–H groups in total. The van der Waals surface area contributed by atoms with Crippen molar-refractivity contribution in [3.8, 4) is 0 Å². The van der Waals surface area contributed by atoms with Gasteiger partial charge in [-0.05, 0) is 5.30 Å². The molecule has 1 aromatic carbocycles. The number of primary amides is 2. The van der Waals surface area contributed by atoms with Gasteiger partial charge in [-0.25, -0.2) is 0 Å². The van der Waals surface area contributed by atoms with Crippen LogP contribution in [0, 0.1) is 0 Å². The molecule has 0 radical (unpaired) electrons. The van der Waals surface area contributed by atoms with Crippen LogP contribution < -0.4 is 16.8 Å². The Morgan fingerprint density at radius 3 is 1.85 bits per heavy atom. The predicted octanol–water partition coefficient (Wildman–Crippen LogP) is 0.951. The lowest BCUT2D eigenvalue weighted by atomic mass is 10.4. The second-order valence-electron chi connectivity index (χ2n) is 2.35. The lowest BCUT2D eigenvalue weighted by Gasteiger charge is -2.08. The van der Waals surface area contributed by atoms with Gasteiger partial charge in [-0.3, -0.25) is 9.59 Å². The quantitative estimate of drug-likeness (QED) is 0.705. The number of hydrogen-bond donors (Lipinski definition) is 2. The molecule has 0 aliphatic carbocycles. The van der Waals surface area contributed by atoms with Gasteiger partial charge in [0.25, 0.3) is 11.3 Å². The molecular weight excluding hydrogens is 187 g/mol. The average molecular weight is 196 g/mol. The van der Waals surface area contributed by atoms with Crippen LogP contribution >= 0.6 is 7.92 Å². The Hall–Kier alpha value is -1.41. The number of amides is 2. The number of carbonyl (C=O) groups excluding carboxylic acids is 2. The highest BCUT2D eigenvalue weighted by Crippen LogP contribution is 2.33. The van der Waals surface area contributed by atoms with Crippen molar-refractivity contribution in [2.45, 2.75) is 0 Å². The standard InChI is InChI=1S/C8H9N2O2P/c9-7(11)13(8(10)12)6-4-2-1-3-5-6/h1-5H,(H2,9,11)(H2,10,12). The summed E-state index contributed by atoms with van der Waals surface area (Å²) in [6.07, 6.45) is 0. The highest BCUT2D eigenvalue weighted by atomic mass is 31.1. The molecule has 0 saturated carbocycles. The van der Waals surface area contributed by atoms with Gasteiger partial charge in [0.05, 0.1) is 0 Å². The summed E-state index contributed by atoms with van der Waals surface area (Å²) in [4.78, 5) is 21.8. The Labute approximate surface area is 76.7 Å². The minimum absolute atomic E-state index is 0.595. The number of rotatable bonds is 3. The monoisotopic (exact) mass is 196 g/mol. The molecule has 0 aliphatic rings. The first-order valence-corrected chi connectivity index (χ1v) is 4.91. The third-order valence-electron chi connectivity index (χ3n) is 1.46. The average Bonchev–Trinajstić information content (AvgIpc) is 2.04. The van der Waals surface area contributed by atoms with E-state index in [1.165, 1.54) is 0 Å². The van der Waals surface area contributed by atoms with E-state index in [2.05, 4.69) is 0 Å². The highest BCUT2D eigenvalue weighted by Gasteiger charge is 2.23. The first-order chi connectivity index (χ1) is 6.13. The molecule has 0 bridgehead atoms. The van der Waals surface area contributed by atoms with Crippen molar-refractivity contribution in [2.75, 3.05) is 0 Å². The fourth-order valence-electron chi connectivity index (χ4n) is 0.940. The van der Waals surface area contributed by atoms with Gasteiger partial charge in [-0.15, -0.1) is 0 Å². The van der Waals surface area contributed by atoms with Gasteiger partial charge in [0, 0.05) is 0 Å². The van der Waals surface area contributed by atoms with Crippen molar-refractivity contribution in [3.63, 3.8) is 0 Å². The maximum atomic E-state index is 10.9. The van der Waals surface area contributed by atoms with E-state index in [-0.39, 0.29) is 0 Å². The minimum atomic E-state index is -1.70. The van der Waals surface area contributed by atoms with Crippen LogP contribution in [0.5, 0.6) is 0 Å². The zero-order valence-corrected chi connectivity index (χ0v) is 7.70. The van der Waals surface area contributed by atoms with Gasteiger partial charge in [0.15, 0.2) is 0 Å². The van der Waals surface area contributed by atoms with Crippen LogP contribution in [0.4, 0.5) is 9.59 Å². The Bertz CT molecular complexity index is 312. The van der Waals surface area contributed by atoms with Gasteiger partial charge in [-0.2, -0.15) is 0 Å². The molecule has 2 amide bonds. The summed E-state index contributed by atoms with van der Waals surface area (Å²) >= 11 is 0. The van der Waals surface area contributed by atoms with E-state index in [9.17, 15) is 9.59 Å². The number of hydrogen-bond acceptors (Lipinski definition) is 2. The van der Waals surface area contributed by atoms with E-state index in [0.29, 0.717) is 5.30 Å². The topological polar surface area (TPSA) is 86.2 Å². The number of carbonyl (C=O) groups is 2. The molecule has 5 heteroatoms. The van der Waals surface area contributed by atoms with Crippen molar-refractivity contribution in [2.24, 2.45) is 11.5 Å². The Morgan fingerprint density at radius 1 is 1.00 bits per heavy atom. The second-order valence-corrected chi connectivity index (χ2v) is 4.42. The van der Waals surface area contributed by atoms with E-state index in [1.807, 2.05) is 0 Å². The van der Waals surface area contributed by atoms with E-state index in [0.717, 1.165) is 0 Å². The first-order valence-electron chi connectivity index (χ1n) is 3.57. The maximum Gasteiger partial charge on any atom is 0.252 e. The third-order valence-corrected chi connectivity index (χ3v) is 3.15. The van der Waals surface area contributed by atoms with Crippen LogP contribution in [0.25, 0.3) is 0 Å². The van der Waals surface area contributed by atoms with Crippen LogP contribution in [0.3, 0.4) is 0 Å². The van der Waals surface area contributed by atoms with Gasteiger partial charge in [0.2, 0.25) is 0 Å². The number of benzene rings is 1. The summed E-state index contributed by atoms with van der Waals surface area (Å²) in [6.45, 7) is 0. The Kier molecular flexibility index (Phi) is 2.98. The second kappa shape index (κ2) is 4.01. The zero-order chi connectivity index (χ0) is 9.84. The summed E-state index contributed by atoms with van der Waals surface area (Å²) in [5.41, 5.74) is 8.80. The van der Waals surface area contributed by atoms with Crippen molar-refractivity contribution in [1.29, 1.82) is 0 Å². The third kappa shape index (κ3) is 2.26. The van der Waals surface area contributed by atoms with E-state index < -0.39 is 19.2 Å². The molecule has 1 rings (SSSR count). The van der Waals surface area contributed by atoms with Crippen molar-refractivity contribution in [3.05, 3.63) is 30.3 Å². The van der Waals surface area contributed by atoms with Crippen LogP contribution in [0.15, 0.2) is 30.3 Å². The zero-order valence-electron chi connectivity index (χ0n) is 6.81. The Balaban J connectivity index is 3.03. The summed E-state index contributed by atoms with van der Waals surface area (Å²) in [5, 5.41) is 0.595. The SMILES string of the molecule is NC(=O)P(C(N)=O)c1ccccc1. The molecule has 13 heavy (non-hydrogen) atoms. The molecule has 0 heterocycles. The molecule has 0 saturated heterocycles. The summed E-state index contributed by atoms with van der Waals surface area (Å²) in [7, 11) is -1.70. The van der Waals surface area contributed by atoms with Gasteiger partial charge < -0.3 is 11.5 Å². The predicted molar refractivity (Wildman–Crippen MR) is 52.2 cm³/mol. The van der Waals surface area contributed by atoms with E-state index in [4.69, 9.17) is 11.5 Å². The van der Waals surface area contributed by atoms with Gasteiger partial charge in [0.1, 0.15) is 7.92 Å². The lowest BCUT2D eigenvalue weighted by molar-refractivity contribution is 0.263. The summed E-state index contributed by atoms with van der Waals surface area (Å²) < 4.78 is 0. The van der Waals surface area contributed by atoms with Gasteiger partial charge >= 0.3 is 0 Å². The molecule has 0 fully saturated rings. The van der Waals surface area contributed by atoms with Crippen molar-refractivity contribution < 1.29 is 9.59 Å². The van der Waals surface area contributed by atoms with Crippen molar-refractivity contribution >= 4 is 24.5 Å². The van der Waals surface area contributed by atoms with Crippen molar-refractivity contribution in [1.82, 2.24) is 0 Å². The van der Waals surface area contributed by atoms with Crippen LogP contribution in [-0.2, 0) is 0 Å². The summed E-state index contributed by atoms with van der Waals surface area (Å²) in [6, 6.07) is 8.59. The lowest BCUT2D eigenvalue weighted by Crippen LogP contribution is -2.23. The molecule has 0 unspecified atom stereocenters. The fourth-order valence-corrected chi connectivity index (χ4v) is 2.14. The molecule has 0 spiro atoms. The van der Waals surface area contributed by atoms with Crippen LogP contribution in [0.2, 0.25) is 0 Å². The molecule has 0 aliphatic heterocycles. The molecule has 1 aromatic rings. The van der Waals surface area contributed by atoms with Gasteiger partial charge in [-0.1, -0.05) is 30.3 Å². The maximum absolute atomic E-state index is 10.9. The molecule has 0 atom stereocenters. The van der Waals surface area contributed by atoms with E-state index in [1.54, 1.807) is 30.3 Å². The molecule has 0 aromatic heterocycles. The number of nitrogens with two attached hydrogens (primary N) is 2. The fraction of sp³-hybridized carbons (Fsp3) is 0. The van der Waals surface area contributed by atoms with E-state index >= 15 is 0 Å². The Morgan fingerprint density at radius 2 is 1.46 bits per heavy atom. The molecule has 4 nitrogen and oxygen atoms in total. The highest BCUT2D eigenvalue weighted by molar-refractivity contribution is 7.94. The summed E-state index contributed by atoms with van der Waals surface area (Å²) in [5.74, 6) is 0. The molecule has 68 valence electrons. The molecular formula is C8H9N2O2P. The smallest absolute Gasteiger partial charge is 0.252 e. The first kappa shape index (κ1) is 9.68. The largest absolute Gasteiger partial charge is 0.365 e. The minimum Gasteiger partial charge on any atom is -0.365 e. The van der Waals surface area contributed by atoms with Crippen LogP contribution in [-0.4, -0.2) is 11.3 Å². The normalized spacial score (nSPS) is 9.92.